The molecule has 1 nitrogen and oxygen atoms in total. The van der Waals surface area contributed by atoms with E-state index in [1.165, 1.54) is 33.4 Å². The van der Waals surface area contributed by atoms with Crippen molar-refractivity contribution < 1.29 is 0 Å². The minimum atomic E-state index is 1.06. The fourth-order valence-electron chi connectivity index (χ4n) is 2.40. The van der Waals surface area contributed by atoms with Gasteiger partial charge in [-0.05, 0) is 54.2 Å². The molecule has 0 unspecified atom stereocenters. The molecule has 1 aliphatic carbocycles. The summed E-state index contributed by atoms with van der Waals surface area (Å²) in [6.45, 7) is 4.38. The van der Waals surface area contributed by atoms with Gasteiger partial charge in [0.15, 0.2) is 0 Å². The van der Waals surface area contributed by atoms with Crippen molar-refractivity contribution in [2.75, 3.05) is 0 Å². The summed E-state index contributed by atoms with van der Waals surface area (Å²) in [6.07, 6.45) is 4.94. The Balaban J connectivity index is 2.36. The molecule has 0 atom stereocenters. The Morgan fingerprint density at radius 1 is 1.07 bits per heavy atom. The average molecular weight is 195 g/mol. The first-order chi connectivity index (χ1) is 7.27. The molecule has 0 amide bonds. The lowest BCUT2D eigenvalue weighted by molar-refractivity contribution is 1.22. The van der Waals surface area contributed by atoms with Crippen LogP contribution in [-0.4, -0.2) is 4.98 Å². The summed E-state index contributed by atoms with van der Waals surface area (Å²) in [7, 11) is 0. The molecule has 0 bridgehead atoms. The van der Waals surface area contributed by atoms with Gasteiger partial charge in [-0.15, -0.1) is 0 Å². The Bertz CT molecular complexity index is 541. The van der Waals surface area contributed by atoms with E-state index in [0.29, 0.717) is 0 Å². The van der Waals surface area contributed by atoms with Crippen LogP contribution in [0.25, 0.3) is 11.1 Å². The monoisotopic (exact) mass is 195 g/mol. The van der Waals surface area contributed by atoms with Gasteiger partial charge in [0.05, 0.1) is 0 Å². The van der Waals surface area contributed by atoms with Gasteiger partial charge in [-0.25, -0.2) is 0 Å². The van der Waals surface area contributed by atoms with E-state index < -0.39 is 0 Å². The molecule has 1 heterocycles. The predicted octanol–water partition coefficient (Wildman–Crippen LogP) is 3.27. The smallest absolute Gasteiger partial charge is 0.0349 e. The molecule has 0 N–H and O–H groups in total. The van der Waals surface area contributed by atoms with Crippen LogP contribution < -0.4 is 0 Å². The molecule has 3 rings (SSSR count). The number of pyridine rings is 1. The van der Waals surface area contributed by atoms with Gasteiger partial charge in [0.25, 0.3) is 0 Å². The van der Waals surface area contributed by atoms with E-state index in [-0.39, 0.29) is 0 Å². The molecule has 15 heavy (non-hydrogen) atoms. The molecule has 1 aromatic carbocycles. The normalized spacial score (nSPS) is 12.4. The minimum Gasteiger partial charge on any atom is -0.264 e. The van der Waals surface area contributed by atoms with Crippen LogP contribution in [0.15, 0.2) is 30.6 Å². The molecule has 0 spiro atoms. The summed E-state index contributed by atoms with van der Waals surface area (Å²) in [5.74, 6) is 0. The van der Waals surface area contributed by atoms with E-state index in [1.54, 1.807) is 0 Å². The number of benzene rings is 1. The van der Waals surface area contributed by atoms with Crippen molar-refractivity contribution in [3.8, 4) is 11.1 Å². The van der Waals surface area contributed by atoms with Gasteiger partial charge in [0, 0.05) is 18.0 Å². The van der Waals surface area contributed by atoms with E-state index in [0.717, 1.165) is 6.42 Å². The summed E-state index contributed by atoms with van der Waals surface area (Å²) in [5, 5.41) is 0. The van der Waals surface area contributed by atoms with Crippen molar-refractivity contribution in [2.45, 2.75) is 20.3 Å². The molecule has 0 saturated carbocycles. The van der Waals surface area contributed by atoms with Crippen LogP contribution >= 0.6 is 0 Å². The van der Waals surface area contributed by atoms with Gasteiger partial charge in [0.2, 0.25) is 0 Å². The van der Waals surface area contributed by atoms with Crippen molar-refractivity contribution in [2.24, 2.45) is 0 Å². The zero-order valence-electron chi connectivity index (χ0n) is 9.04. The first-order valence-electron chi connectivity index (χ1n) is 5.29. The number of aromatic nitrogens is 1. The maximum absolute atomic E-state index is 4.23. The molecule has 0 saturated heterocycles. The fraction of sp³-hybridized carbons (Fsp3) is 0.214. The van der Waals surface area contributed by atoms with Gasteiger partial charge >= 0.3 is 0 Å². The maximum Gasteiger partial charge on any atom is 0.0349 e. The Morgan fingerprint density at radius 2 is 1.93 bits per heavy atom. The fourth-order valence-corrected chi connectivity index (χ4v) is 2.40. The van der Waals surface area contributed by atoms with E-state index in [9.17, 15) is 0 Å². The van der Waals surface area contributed by atoms with Crippen molar-refractivity contribution >= 4 is 0 Å². The maximum atomic E-state index is 4.23. The second-order valence-corrected chi connectivity index (χ2v) is 4.25. The molecule has 1 aliphatic rings. The highest BCUT2D eigenvalue weighted by Crippen LogP contribution is 2.38. The second-order valence-electron chi connectivity index (χ2n) is 4.25. The quantitative estimate of drug-likeness (QED) is 0.536. The van der Waals surface area contributed by atoms with Gasteiger partial charge in [-0.3, -0.25) is 4.98 Å². The van der Waals surface area contributed by atoms with Gasteiger partial charge in [-0.1, -0.05) is 12.1 Å². The highest BCUT2D eigenvalue weighted by Gasteiger charge is 2.20. The van der Waals surface area contributed by atoms with Crippen LogP contribution in [0.4, 0.5) is 0 Å². The van der Waals surface area contributed by atoms with Crippen molar-refractivity contribution in [3.05, 3.63) is 52.8 Å². The summed E-state index contributed by atoms with van der Waals surface area (Å²) in [5.41, 5.74) is 8.37. The van der Waals surface area contributed by atoms with E-state index in [2.05, 4.69) is 37.0 Å². The number of fused-ring (bicyclic) bond motifs is 3. The lowest BCUT2D eigenvalue weighted by atomic mass is 9.97. The third-order valence-electron chi connectivity index (χ3n) is 3.38. The number of aryl methyl sites for hydroxylation is 1. The minimum absolute atomic E-state index is 1.06. The van der Waals surface area contributed by atoms with E-state index in [4.69, 9.17) is 0 Å². The summed E-state index contributed by atoms with van der Waals surface area (Å²) < 4.78 is 0. The highest BCUT2D eigenvalue weighted by atomic mass is 14.6. The van der Waals surface area contributed by atoms with Crippen molar-refractivity contribution in [1.29, 1.82) is 0 Å². The molecule has 2 aromatic rings. The number of hydrogen-bond donors (Lipinski definition) is 0. The SMILES string of the molecule is Cc1ccc2c(c1C)-c1cnccc1C2. The molecule has 1 aromatic heterocycles. The zero-order chi connectivity index (χ0) is 10.4. The van der Waals surface area contributed by atoms with E-state index >= 15 is 0 Å². The third kappa shape index (κ3) is 1.13. The van der Waals surface area contributed by atoms with Crippen LogP contribution in [0.3, 0.4) is 0 Å². The van der Waals surface area contributed by atoms with Crippen molar-refractivity contribution in [3.63, 3.8) is 0 Å². The lowest BCUT2D eigenvalue weighted by Crippen LogP contribution is -1.88. The zero-order valence-corrected chi connectivity index (χ0v) is 9.04. The lowest BCUT2D eigenvalue weighted by Gasteiger charge is -2.07. The predicted molar refractivity (Wildman–Crippen MR) is 62.0 cm³/mol. The van der Waals surface area contributed by atoms with E-state index in [1.807, 2.05) is 12.4 Å². The van der Waals surface area contributed by atoms with Crippen LogP contribution in [0.5, 0.6) is 0 Å². The molecular formula is C14H13N. The topological polar surface area (TPSA) is 12.9 Å². The number of hydrogen-bond acceptors (Lipinski definition) is 1. The molecule has 1 heteroatoms. The van der Waals surface area contributed by atoms with Crippen LogP contribution in [0.2, 0.25) is 0 Å². The Morgan fingerprint density at radius 3 is 2.80 bits per heavy atom. The van der Waals surface area contributed by atoms with Crippen LogP contribution in [0.1, 0.15) is 22.3 Å². The number of rotatable bonds is 0. The van der Waals surface area contributed by atoms with Crippen molar-refractivity contribution in [1.82, 2.24) is 4.98 Å². The molecule has 0 fully saturated rings. The summed E-state index contributed by atoms with van der Waals surface area (Å²) >= 11 is 0. The summed E-state index contributed by atoms with van der Waals surface area (Å²) in [4.78, 5) is 4.23. The van der Waals surface area contributed by atoms with Gasteiger partial charge in [-0.2, -0.15) is 0 Å². The first-order valence-corrected chi connectivity index (χ1v) is 5.29. The largest absolute Gasteiger partial charge is 0.264 e. The standard InChI is InChI=1S/C14H13N/c1-9-3-4-12-7-11-5-6-15-8-13(11)14(12)10(9)2/h3-6,8H,7H2,1-2H3. The molecule has 0 aliphatic heterocycles. The Labute approximate surface area is 89.8 Å². The van der Waals surface area contributed by atoms with Gasteiger partial charge in [0.1, 0.15) is 0 Å². The Kier molecular flexibility index (Phi) is 1.69. The third-order valence-corrected chi connectivity index (χ3v) is 3.38. The number of nitrogens with zero attached hydrogens (tertiary/aromatic N) is 1. The molecular weight excluding hydrogens is 182 g/mol. The molecule has 0 radical (unpaired) electrons. The van der Waals surface area contributed by atoms with Crippen LogP contribution in [0, 0.1) is 13.8 Å². The first kappa shape index (κ1) is 8.66. The summed E-state index contributed by atoms with van der Waals surface area (Å²) in [6, 6.07) is 6.59. The molecule has 74 valence electrons. The van der Waals surface area contributed by atoms with Crippen LogP contribution in [-0.2, 0) is 6.42 Å². The Hall–Kier alpha value is -1.63. The van der Waals surface area contributed by atoms with Gasteiger partial charge < -0.3 is 0 Å². The second kappa shape index (κ2) is 2.93. The average Bonchev–Trinajstić information content (AvgIpc) is 2.62. The highest BCUT2D eigenvalue weighted by molar-refractivity contribution is 5.79.